The van der Waals surface area contributed by atoms with Crippen molar-refractivity contribution in [1.29, 1.82) is 0 Å². The molecule has 1 saturated carbocycles. The Kier molecular flexibility index (Phi) is 5.75. The zero-order valence-corrected chi connectivity index (χ0v) is 18.7. The molecule has 3 heterocycles. The van der Waals surface area contributed by atoms with Gasteiger partial charge in [-0.1, -0.05) is 12.1 Å². The number of aromatic nitrogens is 4. The van der Waals surface area contributed by atoms with Crippen LogP contribution >= 0.6 is 0 Å². The van der Waals surface area contributed by atoms with Gasteiger partial charge in [0.2, 0.25) is 5.92 Å². The van der Waals surface area contributed by atoms with Crippen LogP contribution in [0.25, 0.3) is 28.0 Å². The molecule has 34 heavy (non-hydrogen) atoms. The van der Waals surface area contributed by atoms with E-state index in [-0.39, 0.29) is 25.4 Å². The summed E-state index contributed by atoms with van der Waals surface area (Å²) < 4.78 is 34.3. The normalized spacial score (nSPS) is 16.4. The van der Waals surface area contributed by atoms with Crippen LogP contribution in [-0.2, 0) is 6.61 Å². The van der Waals surface area contributed by atoms with E-state index in [1.54, 1.807) is 23.0 Å². The standard InChI is InChI=1S/C25H25F2N5O2/c1-2-34-22-10-15(19-6-4-7-20(31-19)24(28)16-11-25(26,27)12-16)9-21-18(22)13-29-32(21)23-8-3-5-17(14-33)30-23/h3-10,13,16,24,33H,2,11-12,14,28H2,1H3/t24-/m0/s1. The molecule has 5 rings (SSSR count). The Balaban J connectivity index is 1.57. The number of fused-ring (bicyclic) bond motifs is 1. The van der Waals surface area contributed by atoms with Gasteiger partial charge in [-0.05, 0) is 49.2 Å². The molecule has 3 N–H and O–H groups in total. The lowest BCUT2D eigenvalue weighted by atomic mass is 9.75. The summed E-state index contributed by atoms with van der Waals surface area (Å²) in [6, 6.07) is 14.1. The SMILES string of the molecule is CCOc1cc(-c2cccc([C@@H](N)C3CC(F)(F)C3)n2)cc2c1cnn2-c1cccc(CO)n1. The largest absolute Gasteiger partial charge is 0.493 e. The predicted octanol–water partition coefficient (Wildman–Crippen LogP) is 4.42. The number of aliphatic hydroxyl groups is 1. The van der Waals surface area contributed by atoms with Crippen LogP contribution in [0.3, 0.4) is 0 Å². The monoisotopic (exact) mass is 465 g/mol. The summed E-state index contributed by atoms with van der Waals surface area (Å²) in [6.07, 6.45) is 1.30. The lowest BCUT2D eigenvalue weighted by molar-refractivity contribution is -0.117. The second-order valence-corrected chi connectivity index (χ2v) is 8.54. The molecule has 0 bridgehead atoms. The number of nitrogens with two attached hydrogens (primary N) is 1. The molecule has 0 saturated heterocycles. The van der Waals surface area contributed by atoms with Crippen LogP contribution in [0.1, 0.15) is 37.2 Å². The molecule has 0 spiro atoms. The minimum absolute atomic E-state index is 0.174. The number of alkyl halides is 2. The van der Waals surface area contributed by atoms with Gasteiger partial charge in [-0.2, -0.15) is 5.10 Å². The van der Waals surface area contributed by atoms with Crippen molar-refractivity contribution in [3.8, 4) is 22.8 Å². The van der Waals surface area contributed by atoms with Gasteiger partial charge in [0.1, 0.15) is 5.75 Å². The van der Waals surface area contributed by atoms with Gasteiger partial charge >= 0.3 is 0 Å². The molecular formula is C25H25F2N5O2. The van der Waals surface area contributed by atoms with E-state index in [9.17, 15) is 13.9 Å². The number of pyridine rings is 2. The molecule has 0 radical (unpaired) electrons. The average molecular weight is 466 g/mol. The molecule has 176 valence electrons. The Morgan fingerprint density at radius 2 is 1.97 bits per heavy atom. The van der Waals surface area contributed by atoms with Crippen molar-refractivity contribution in [3.05, 3.63) is 66.1 Å². The van der Waals surface area contributed by atoms with Crippen molar-refractivity contribution in [1.82, 2.24) is 19.7 Å². The second-order valence-electron chi connectivity index (χ2n) is 8.54. The number of hydrogen-bond acceptors (Lipinski definition) is 6. The summed E-state index contributed by atoms with van der Waals surface area (Å²) >= 11 is 0. The molecule has 4 aromatic rings. The maximum Gasteiger partial charge on any atom is 0.248 e. The van der Waals surface area contributed by atoms with Crippen molar-refractivity contribution in [2.45, 2.75) is 38.3 Å². The summed E-state index contributed by atoms with van der Waals surface area (Å²) in [6.45, 7) is 2.20. The molecule has 1 atom stereocenters. The molecule has 0 amide bonds. The number of benzene rings is 1. The number of aliphatic hydroxyl groups excluding tert-OH is 1. The Bertz CT molecular complexity index is 1330. The Hall–Kier alpha value is -3.43. The zero-order valence-electron chi connectivity index (χ0n) is 18.7. The van der Waals surface area contributed by atoms with Crippen LogP contribution in [0.4, 0.5) is 8.78 Å². The van der Waals surface area contributed by atoms with E-state index in [1.165, 1.54) is 0 Å². The quantitative estimate of drug-likeness (QED) is 0.419. The molecular weight excluding hydrogens is 440 g/mol. The number of hydrogen-bond donors (Lipinski definition) is 2. The molecule has 1 aromatic carbocycles. The van der Waals surface area contributed by atoms with Crippen molar-refractivity contribution >= 4 is 10.9 Å². The van der Waals surface area contributed by atoms with Gasteiger partial charge in [0.15, 0.2) is 5.82 Å². The van der Waals surface area contributed by atoms with Crippen molar-refractivity contribution in [2.75, 3.05) is 6.61 Å². The van der Waals surface area contributed by atoms with Crippen LogP contribution in [0.15, 0.2) is 54.7 Å². The summed E-state index contributed by atoms with van der Waals surface area (Å²) in [5, 5.41) is 14.8. The maximum atomic E-state index is 13.4. The van der Waals surface area contributed by atoms with Crippen LogP contribution < -0.4 is 10.5 Å². The second kappa shape index (κ2) is 8.73. The fourth-order valence-corrected chi connectivity index (χ4v) is 4.37. The van der Waals surface area contributed by atoms with Crippen molar-refractivity contribution < 1.29 is 18.6 Å². The third-order valence-corrected chi connectivity index (χ3v) is 6.16. The minimum atomic E-state index is -2.63. The molecule has 1 aliphatic rings. The molecule has 1 aliphatic carbocycles. The first-order valence-corrected chi connectivity index (χ1v) is 11.2. The lowest BCUT2D eigenvalue weighted by Gasteiger charge is -2.38. The number of halogens is 2. The third kappa shape index (κ3) is 4.12. The Morgan fingerprint density at radius 3 is 2.71 bits per heavy atom. The van der Waals surface area contributed by atoms with Gasteiger partial charge in [0.05, 0.1) is 53.4 Å². The van der Waals surface area contributed by atoms with Crippen LogP contribution in [0, 0.1) is 5.92 Å². The highest BCUT2D eigenvalue weighted by Gasteiger charge is 2.48. The van der Waals surface area contributed by atoms with Gasteiger partial charge < -0.3 is 15.6 Å². The van der Waals surface area contributed by atoms with Gasteiger partial charge in [-0.15, -0.1) is 0 Å². The summed E-state index contributed by atoms with van der Waals surface area (Å²) in [5.41, 5.74) is 9.61. The first-order valence-electron chi connectivity index (χ1n) is 11.2. The molecule has 1 fully saturated rings. The Morgan fingerprint density at radius 1 is 1.18 bits per heavy atom. The summed E-state index contributed by atoms with van der Waals surface area (Å²) in [7, 11) is 0. The van der Waals surface area contributed by atoms with Crippen molar-refractivity contribution in [3.63, 3.8) is 0 Å². The minimum Gasteiger partial charge on any atom is -0.493 e. The number of rotatable bonds is 7. The van der Waals surface area contributed by atoms with Gasteiger partial charge in [-0.3, -0.25) is 4.98 Å². The average Bonchev–Trinajstić information content (AvgIpc) is 3.26. The summed E-state index contributed by atoms with van der Waals surface area (Å²) in [5.74, 6) is -1.70. The molecule has 0 aliphatic heterocycles. The van der Waals surface area contributed by atoms with E-state index < -0.39 is 12.0 Å². The van der Waals surface area contributed by atoms with E-state index in [0.717, 1.165) is 16.5 Å². The predicted molar refractivity (Wildman–Crippen MR) is 124 cm³/mol. The fraction of sp³-hybridized carbons (Fsp3) is 0.320. The fourth-order valence-electron chi connectivity index (χ4n) is 4.37. The van der Waals surface area contributed by atoms with E-state index in [1.807, 2.05) is 43.3 Å². The Labute approximate surface area is 195 Å². The highest BCUT2D eigenvalue weighted by molar-refractivity contribution is 5.90. The van der Waals surface area contributed by atoms with E-state index in [0.29, 0.717) is 35.3 Å². The zero-order chi connectivity index (χ0) is 23.9. The van der Waals surface area contributed by atoms with E-state index >= 15 is 0 Å². The third-order valence-electron chi connectivity index (χ3n) is 6.16. The molecule has 3 aromatic heterocycles. The summed E-state index contributed by atoms with van der Waals surface area (Å²) in [4.78, 5) is 9.17. The number of nitrogens with zero attached hydrogens (tertiary/aromatic N) is 4. The smallest absolute Gasteiger partial charge is 0.248 e. The van der Waals surface area contributed by atoms with Crippen LogP contribution in [0.5, 0.6) is 5.75 Å². The van der Waals surface area contributed by atoms with Crippen molar-refractivity contribution in [2.24, 2.45) is 11.7 Å². The van der Waals surface area contributed by atoms with Gasteiger partial charge in [0.25, 0.3) is 0 Å². The molecule has 0 unspecified atom stereocenters. The van der Waals surface area contributed by atoms with E-state index in [2.05, 4.69) is 10.1 Å². The number of ether oxygens (including phenoxy) is 1. The topological polar surface area (TPSA) is 99.1 Å². The van der Waals surface area contributed by atoms with E-state index in [4.69, 9.17) is 15.5 Å². The van der Waals surface area contributed by atoms with Crippen LogP contribution in [-0.4, -0.2) is 37.4 Å². The first-order chi connectivity index (χ1) is 16.4. The maximum absolute atomic E-state index is 13.4. The van der Waals surface area contributed by atoms with Gasteiger partial charge in [0, 0.05) is 18.4 Å². The highest BCUT2D eigenvalue weighted by Crippen LogP contribution is 2.47. The highest BCUT2D eigenvalue weighted by atomic mass is 19.3. The first kappa shape index (κ1) is 22.4. The van der Waals surface area contributed by atoms with Gasteiger partial charge in [-0.25, -0.2) is 18.4 Å². The molecule has 9 heteroatoms. The molecule has 7 nitrogen and oxygen atoms in total. The lowest BCUT2D eigenvalue weighted by Crippen LogP contribution is -2.41. The van der Waals surface area contributed by atoms with Crippen LogP contribution in [0.2, 0.25) is 0 Å².